The summed E-state index contributed by atoms with van der Waals surface area (Å²) in [6.07, 6.45) is 0.454. The van der Waals surface area contributed by atoms with E-state index >= 15 is 0 Å². The average molecular weight is 360 g/mol. The van der Waals surface area contributed by atoms with Gasteiger partial charge in [0, 0.05) is 43.1 Å². The van der Waals surface area contributed by atoms with Crippen LogP contribution in [0.25, 0.3) is 5.69 Å². The quantitative estimate of drug-likeness (QED) is 0.878. The zero-order valence-electron chi connectivity index (χ0n) is 14.7. The zero-order valence-corrected chi connectivity index (χ0v) is 14.7. The third-order valence-corrected chi connectivity index (χ3v) is 4.87. The van der Waals surface area contributed by atoms with Gasteiger partial charge in [-0.15, -0.1) is 0 Å². The predicted octanol–water partition coefficient (Wildman–Crippen LogP) is 2.60. The molecule has 26 heavy (non-hydrogen) atoms. The minimum absolute atomic E-state index is 0.227. The van der Waals surface area contributed by atoms with Gasteiger partial charge in [0.05, 0.1) is 5.56 Å². The number of ether oxygens (including phenoxy) is 1. The number of halogens is 1. The summed E-state index contributed by atoms with van der Waals surface area (Å²) < 4.78 is 20.2. The Morgan fingerprint density at radius 3 is 2.38 bits per heavy atom. The standard InChI is InChI=1S/C19H21FN2O4/c1-12-11-16(13(2)22(12)15-5-3-14(20)4-6-15)17(23)21-19(18(24)25)7-9-26-10-8-19/h3-6,11H,7-10H2,1-2H3,(H,21,23)(H,24,25). The molecular weight excluding hydrogens is 339 g/mol. The van der Waals surface area contributed by atoms with Crippen molar-refractivity contribution in [1.29, 1.82) is 0 Å². The number of aryl methyl sites for hydroxylation is 1. The summed E-state index contributed by atoms with van der Waals surface area (Å²) in [5.74, 6) is -1.82. The summed E-state index contributed by atoms with van der Waals surface area (Å²) in [5, 5.41) is 12.3. The van der Waals surface area contributed by atoms with Crippen molar-refractivity contribution in [1.82, 2.24) is 9.88 Å². The Morgan fingerprint density at radius 1 is 1.19 bits per heavy atom. The molecule has 1 amide bonds. The van der Waals surface area contributed by atoms with Gasteiger partial charge in [0.25, 0.3) is 5.91 Å². The fourth-order valence-electron chi connectivity index (χ4n) is 3.38. The van der Waals surface area contributed by atoms with E-state index in [1.807, 2.05) is 11.5 Å². The number of carboxylic acid groups (broad SMARTS) is 1. The molecule has 2 N–H and O–H groups in total. The number of carbonyl (C=O) groups is 2. The van der Waals surface area contributed by atoms with Gasteiger partial charge in [0.15, 0.2) is 0 Å². The Bertz CT molecular complexity index is 836. The highest BCUT2D eigenvalue weighted by Gasteiger charge is 2.42. The van der Waals surface area contributed by atoms with Gasteiger partial charge >= 0.3 is 5.97 Å². The molecule has 0 aliphatic carbocycles. The van der Waals surface area contributed by atoms with Crippen LogP contribution >= 0.6 is 0 Å². The molecule has 0 bridgehead atoms. The van der Waals surface area contributed by atoms with Gasteiger partial charge in [0.2, 0.25) is 0 Å². The first-order chi connectivity index (χ1) is 12.3. The van der Waals surface area contributed by atoms with Gasteiger partial charge in [-0.05, 0) is 44.2 Å². The second-order valence-corrected chi connectivity index (χ2v) is 6.55. The largest absolute Gasteiger partial charge is 0.480 e. The molecule has 0 radical (unpaired) electrons. The lowest BCUT2D eigenvalue weighted by molar-refractivity contribution is -0.148. The highest BCUT2D eigenvalue weighted by molar-refractivity contribution is 5.99. The van der Waals surface area contributed by atoms with Crippen molar-refractivity contribution in [3.8, 4) is 5.69 Å². The third kappa shape index (κ3) is 3.22. The molecular formula is C19H21FN2O4. The van der Waals surface area contributed by atoms with Gasteiger partial charge in [-0.1, -0.05) is 0 Å². The predicted molar refractivity (Wildman–Crippen MR) is 93.1 cm³/mol. The van der Waals surface area contributed by atoms with E-state index in [4.69, 9.17) is 4.74 Å². The molecule has 0 spiro atoms. The van der Waals surface area contributed by atoms with Crippen molar-refractivity contribution in [2.45, 2.75) is 32.2 Å². The van der Waals surface area contributed by atoms with Crippen molar-refractivity contribution >= 4 is 11.9 Å². The van der Waals surface area contributed by atoms with Crippen LogP contribution in [0, 0.1) is 19.7 Å². The molecule has 0 saturated carbocycles. The molecule has 1 fully saturated rings. The third-order valence-electron chi connectivity index (χ3n) is 4.87. The van der Waals surface area contributed by atoms with Crippen molar-refractivity contribution in [3.63, 3.8) is 0 Å². The minimum Gasteiger partial charge on any atom is -0.480 e. The van der Waals surface area contributed by atoms with E-state index in [1.165, 1.54) is 12.1 Å². The SMILES string of the molecule is Cc1cc(C(=O)NC2(C(=O)O)CCOCC2)c(C)n1-c1ccc(F)cc1. The lowest BCUT2D eigenvalue weighted by Gasteiger charge is -2.33. The zero-order chi connectivity index (χ0) is 18.9. The first kappa shape index (κ1) is 18.1. The van der Waals surface area contributed by atoms with Gasteiger partial charge in [-0.3, -0.25) is 4.79 Å². The highest BCUT2D eigenvalue weighted by Crippen LogP contribution is 2.25. The molecule has 1 aromatic carbocycles. The molecule has 1 saturated heterocycles. The molecule has 0 atom stereocenters. The number of carbonyl (C=O) groups excluding carboxylic acids is 1. The first-order valence-corrected chi connectivity index (χ1v) is 8.42. The van der Waals surface area contributed by atoms with Crippen LogP contribution in [-0.4, -0.2) is 40.3 Å². The number of hydrogen-bond acceptors (Lipinski definition) is 3. The summed E-state index contributed by atoms with van der Waals surface area (Å²) in [6, 6.07) is 7.69. The van der Waals surface area contributed by atoms with Gasteiger partial charge in [-0.25, -0.2) is 9.18 Å². The van der Waals surface area contributed by atoms with E-state index < -0.39 is 17.4 Å². The summed E-state index contributed by atoms with van der Waals surface area (Å²) in [4.78, 5) is 24.5. The summed E-state index contributed by atoms with van der Waals surface area (Å²) in [5.41, 5.74) is 1.29. The van der Waals surface area contributed by atoms with Gasteiger partial charge in [0.1, 0.15) is 11.4 Å². The average Bonchev–Trinajstić information content (AvgIpc) is 2.91. The van der Waals surface area contributed by atoms with Crippen LogP contribution in [0.2, 0.25) is 0 Å². The normalized spacial score (nSPS) is 16.3. The van der Waals surface area contributed by atoms with E-state index in [0.29, 0.717) is 24.5 Å². The second kappa shape index (κ2) is 6.92. The molecule has 3 rings (SSSR count). The number of benzene rings is 1. The van der Waals surface area contributed by atoms with E-state index in [1.54, 1.807) is 25.1 Å². The highest BCUT2D eigenvalue weighted by atomic mass is 19.1. The molecule has 2 heterocycles. The van der Waals surface area contributed by atoms with E-state index in [-0.39, 0.29) is 18.7 Å². The number of nitrogens with zero attached hydrogens (tertiary/aromatic N) is 1. The summed E-state index contributed by atoms with van der Waals surface area (Å²) in [6.45, 7) is 4.21. The smallest absolute Gasteiger partial charge is 0.329 e. The fourth-order valence-corrected chi connectivity index (χ4v) is 3.38. The van der Waals surface area contributed by atoms with E-state index in [9.17, 15) is 19.1 Å². The Balaban J connectivity index is 1.92. The van der Waals surface area contributed by atoms with Gasteiger partial charge in [-0.2, -0.15) is 0 Å². The Labute approximate surface area is 150 Å². The van der Waals surface area contributed by atoms with Crippen LogP contribution < -0.4 is 5.32 Å². The van der Waals surface area contributed by atoms with Crippen molar-refractivity contribution in [2.75, 3.05) is 13.2 Å². The Hall–Kier alpha value is -2.67. The monoisotopic (exact) mass is 360 g/mol. The molecule has 138 valence electrons. The van der Waals surface area contributed by atoms with Crippen LogP contribution in [0.5, 0.6) is 0 Å². The Kier molecular flexibility index (Phi) is 4.82. The number of aromatic nitrogens is 1. The minimum atomic E-state index is -1.31. The maximum Gasteiger partial charge on any atom is 0.329 e. The van der Waals surface area contributed by atoms with E-state index in [0.717, 1.165) is 11.4 Å². The number of hydrogen-bond donors (Lipinski definition) is 2. The molecule has 1 aromatic heterocycles. The molecule has 1 aliphatic heterocycles. The lowest BCUT2D eigenvalue weighted by Crippen LogP contribution is -2.57. The van der Waals surface area contributed by atoms with Crippen molar-refractivity contribution in [2.24, 2.45) is 0 Å². The number of nitrogens with one attached hydrogen (secondary N) is 1. The van der Waals surface area contributed by atoms with Crippen LogP contribution in [0.4, 0.5) is 4.39 Å². The maximum atomic E-state index is 13.2. The first-order valence-electron chi connectivity index (χ1n) is 8.42. The molecule has 7 heteroatoms. The molecule has 2 aromatic rings. The fraction of sp³-hybridized carbons (Fsp3) is 0.368. The van der Waals surface area contributed by atoms with Crippen molar-refractivity contribution in [3.05, 3.63) is 53.1 Å². The topological polar surface area (TPSA) is 80.6 Å². The van der Waals surface area contributed by atoms with Crippen LogP contribution in [0.15, 0.2) is 30.3 Å². The number of rotatable bonds is 4. The molecule has 6 nitrogen and oxygen atoms in total. The number of carboxylic acids is 1. The summed E-state index contributed by atoms with van der Waals surface area (Å²) in [7, 11) is 0. The van der Waals surface area contributed by atoms with Crippen LogP contribution in [0.3, 0.4) is 0 Å². The summed E-state index contributed by atoms with van der Waals surface area (Å²) >= 11 is 0. The van der Waals surface area contributed by atoms with E-state index in [2.05, 4.69) is 5.32 Å². The Morgan fingerprint density at radius 2 is 1.81 bits per heavy atom. The van der Waals surface area contributed by atoms with Crippen molar-refractivity contribution < 1.29 is 23.8 Å². The molecule has 1 aliphatic rings. The second-order valence-electron chi connectivity index (χ2n) is 6.55. The van der Waals surface area contributed by atoms with Crippen LogP contribution in [0.1, 0.15) is 34.6 Å². The van der Waals surface area contributed by atoms with Crippen LogP contribution in [-0.2, 0) is 9.53 Å². The molecule has 0 unspecified atom stereocenters. The number of amides is 1. The maximum absolute atomic E-state index is 13.2. The lowest BCUT2D eigenvalue weighted by atomic mass is 9.89. The van der Waals surface area contributed by atoms with Gasteiger partial charge < -0.3 is 19.7 Å². The number of aliphatic carboxylic acids is 1.